The Morgan fingerprint density at radius 1 is 0.882 bits per heavy atom. The molecule has 2 N–H and O–H groups in total. The van der Waals surface area contributed by atoms with Crippen LogP contribution >= 0.6 is 0 Å². The Kier molecular flexibility index (Phi) is 5.20. The summed E-state index contributed by atoms with van der Waals surface area (Å²) in [6.07, 6.45) is -2.02. The molecule has 0 radical (unpaired) electrons. The zero-order valence-electron chi connectivity index (χ0n) is 18.1. The number of rotatable bonds is 4. The molecule has 4 atom stereocenters. The predicted molar refractivity (Wildman–Crippen MR) is 121 cm³/mol. The van der Waals surface area contributed by atoms with Crippen LogP contribution in [0.5, 0.6) is 11.5 Å². The lowest BCUT2D eigenvalue weighted by atomic mass is 10.1. The van der Waals surface area contributed by atoms with E-state index in [1.54, 1.807) is 18.2 Å². The van der Waals surface area contributed by atoms with Gasteiger partial charge in [0.2, 0.25) is 6.79 Å². The first-order valence-electron chi connectivity index (χ1n) is 11.0. The molecule has 3 aromatic carbocycles. The lowest BCUT2D eigenvalue weighted by molar-refractivity contribution is 0.00862. The summed E-state index contributed by atoms with van der Waals surface area (Å²) >= 11 is 0. The van der Waals surface area contributed by atoms with Crippen molar-refractivity contribution in [3.8, 4) is 11.5 Å². The van der Waals surface area contributed by atoms with Gasteiger partial charge in [-0.3, -0.25) is 10.1 Å². The zero-order chi connectivity index (χ0) is 23.1. The molecule has 0 unspecified atom stereocenters. The molecule has 0 aliphatic carbocycles. The van der Waals surface area contributed by atoms with Gasteiger partial charge in [-0.1, -0.05) is 36.4 Å². The van der Waals surface area contributed by atoms with Crippen LogP contribution < -0.4 is 20.1 Å². The molecule has 2 fully saturated rings. The van der Waals surface area contributed by atoms with Crippen LogP contribution in [-0.4, -0.2) is 56.4 Å². The summed E-state index contributed by atoms with van der Waals surface area (Å²) in [7, 11) is 0. The second-order valence-electron chi connectivity index (χ2n) is 8.34. The first-order valence-corrected chi connectivity index (χ1v) is 11.0. The van der Waals surface area contributed by atoms with Crippen molar-refractivity contribution in [2.75, 3.05) is 25.3 Å². The van der Waals surface area contributed by atoms with E-state index in [0.717, 1.165) is 10.8 Å². The summed E-state index contributed by atoms with van der Waals surface area (Å²) in [5.74, 6) is 0.881. The van der Waals surface area contributed by atoms with E-state index in [4.69, 9.17) is 23.7 Å². The molecule has 2 saturated heterocycles. The molecule has 3 aliphatic rings. The maximum Gasteiger partial charge on any atom is 0.412 e. The highest BCUT2D eigenvalue weighted by Crippen LogP contribution is 2.33. The Balaban J connectivity index is 1.07. The van der Waals surface area contributed by atoms with Gasteiger partial charge >= 0.3 is 6.09 Å². The number of fused-ring (bicyclic) bond motifs is 3. The smallest absolute Gasteiger partial charge is 0.412 e. The van der Waals surface area contributed by atoms with Gasteiger partial charge < -0.3 is 29.0 Å². The van der Waals surface area contributed by atoms with Gasteiger partial charge in [0, 0.05) is 10.9 Å². The molecular weight excluding hydrogens is 440 g/mol. The fourth-order valence-electron chi connectivity index (χ4n) is 4.59. The fraction of sp³-hybridized carbons (Fsp3) is 0.280. The summed E-state index contributed by atoms with van der Waals surface area (Å²) in [6, 6.07) is 18.1. The molecule has 6 rings (SSSR count). The van der Waals surface area contributed by atoms with E-state index >= 15 is 0 Å². The van der Waals surface area contributed by atoms with Gasteiger partial charge in [0.25, 0.3) is 5.91 Å². The predicted octanol–water partition coefficient (Wildman–Crippen LogP) is 3.08. The quantitative estimate of drug-likeness (QED) is 0.614. The highest BCUT2D eigenvalue weighted by atomic mass is 16.7. The van der Waals surface area contributed by atoms with Crippen LogP contribution in [0.1, 0.15) is 10.4 Å². The van der Waals surface area contributed by atoms with Gasteiger partial charge in [0.15, 0.2) is 17.6 Å². The van der Waals surface area contributed by atoms with E-state index in [-0.39, 0.29) is 32.0 Å². The van der Waals surface area contributed by atoms with E-state index in [0.29, 0.717) is 22.7 Å². The lowest BCUT2D eigenvalue weighted by Gasteiger charge is -2.18. The van der Waals surface area contributed by atoms with Crippen LogP contribution in [0.4, 0.5) is 10.5 Å². The molecule has 3 heterocycles. The number of carbonyl (C=O) groups is 2. The molecule has 9 nitrogen and oxygen atoms in total. The third kappa shape index (κ3) is 3.78. The first-order chi connectivity index (χ1) is 16.7. The van der Waals surface area contributed by atoms with Gasteiger partial charge in [0.05, 0.1) is 24.9 Å². The third-order valence-corrected chi connectivity index (χ3v) is 6.24. The Labute approximate surface area is 194 Å². The minimum absolute atomic E-state index is 0.143. The minimum atomic E-state index is -0.581. The molecular formula is C25H22N2O7. The van der Waals surface area contributed by atoms with Crippen LogP contribution in [-0.2, 0) is 14.2 Å². The number of carbonyl (C=O) groups excluding carboxylic acids is 2. The molecule has 2 amide bonds. The van der Waals surface area contributed by atoms with Gasteiger partial charge in [-0.25, -0.2) is 4.79 Å². The first kappa shape index (κ1) is 20.8. The van der Waals surface area contributed by atoms with Crippen LogP contribution in [0.2, 0.25) is 0 Å². The maximum atomic E-state index is 12.7. The number of ether oxygens (including phenoxy) is 5. The molecule has 9 heteroatoms. The second kappa shape index (κ2) is 8.51. The third-order valence-electron chi connectivity index (χ3n) is 6.24. The average Bonchev–Trinajstić information content (AvgIpc) is 3.57. The maximum absolute atomic E-state index is 12.7. The summed E-state index contributed by atoms with van der Waals surface area (Å²) < 4.78 is 27.9. The molecule has 0 spiro atoms. The Morgan fingerprint density at radius 2 is 1.71 bits per heavy atom. The number of benzene rings is 3. The van der Waals surface area contributed by atoms with Gasteiger partial charge in [-0.2, -0.15) is 0 Å². The van der Waals surface area contributed by atoms with Crippen molar-refractivity contribution in [1.29, 1.82) is 0 Å². The van der Waals surface area contributed by atoms with Crippen LogP contribution in [0, 0.1) is 0 Å². The Hall–Kier alpha value is -3.82. The summed E-state index contributed by atoms with van der Waals surface area (Å²) in [4.78, 5) is 25.3. The molecule has 0 aromatic heterocycles. The van der Waals surface area contributed by atoms with Crippen LogP contribution in [0.15, 0.2) is 60.7 Å². The topological polar surface area (TPSA) is 104 Å². The number of anilines is 1. The second-order valence-corrected chi connectivity index (χ2v) is 8.34. The van der Waals surface area contributed by atoms with E-state index in [1.807, 2.05) is 42.5 Å². The van der Waals surface area contributed by atoms with Crippen molar-refractivity contribution in [2.24, 2.45) is 0 Å². The fourth-order valence-corrected chi connectivity index (χ4v) is 4.59. The minimum Gasteiger partial charge on any atom is -0.454 e. The van der Waals surface area contributed by atoms with Gasteiger partial charge in [0.1, 0.15) is 12.2 Å². The molecule has 3 aliphatic heterocycles. The Morgan fingerprint density at radius 3 is 2.65 bits per heavy atom. The van der Waals surface area contributed by atoms with Crippen molar-refractivity contribution in [2.45, 2.75) is 24.4 Å². The van der Waals surface area contributed by atoms with Crippen LogP contribution in [0.3, 0.4) is 0 Å². The molecule has 0 bridgehead atoms. The number of hydrogen-bond donors (Lipinski definition) is 2. The van der Waals surface area contributed by atoms with E-state index in [2.05, 4.69) is 10.6 Å². The summed E-state index contributed by atoms with van der Waals surface area (Å²) in [6.45, 7) is 0.592. The number of nitrogens with one attached hydrogen (secondary N) is 2. The van der Waals surface area contributed by atoms with Crippen molar-refractivity contribution < 1.29 is 33.3 Å². The average molecular weight is 462 g/mol. The van der Waals surface area contributed by atoms with Crippen molar-refractivity contribution in [1.82, 2.24) is 5.32 Å². The van der Waals surface area contributed by atoms with E-state index < -0.39 is 24.4 Å². The van der Waals surface area contributed by atoms with Crippen molar-refractivity contribution in [3.05, 3.63) is 66.2 Å². The monoisotopic (exact) mass is 462 g/mol. The number of amides is 2. The van der Waals surface area contributed by atoms with E-state index in [9.17, 15) is 9.59 Å². The molecule has 0 saturated carbocycles. The van der Waals surface area contributed by atoms with Crippen LogP contribution in [0.25, 0.3) is 10.8 Å². The Bertz CT molecular complexity index is 1260. The van der Waals surface area contributed by atoms with Crippen molar-refractivity contribution in [3.63, 3.8) is 0 Å². The van der Waals surface area contributed by atoms with Crippen molar-refractivity contribution >= 4 is 28.5 Å². The standard InChI is InChI=1S/C25H22N2O7/c28-24(15-8-9-19-20(10-15)33-13-32-19)26-18-11-30-23-21(12-31-22(18)23)34-25(29)27-17-7-3-5-14-4-1-2-6-16(14)17/h1-10,18,21-23H,11-13H2,(H,26,28)(H,27,29)/t18-,21+,22+,23+/m0/s1. The van der Waals surface area contributed by atoms with E-state index in [1.165, 1.54) is 0 Å². The SMILES string of the molecule is O=C(Nc1cccc2ccccc12)O[C@@H]1CO[C@H]2[C@@H]1OC[C@@H]2NC(=O)c1ccc2c(c1)OCO2. The zero-order valence-corrected chi connectivity index (χ0v) is 18.1. The number of hydrogen-bond acceptors (Lipinski definition) is 7. The summed E-state index contributed by atoms with van der Waals surface area (Å²) in [5, 5.41) is 7.70. The highest BCUT2D eigenvalue weighted by molar-refractivity contribution is 6.00. The normalized spacial score (nSPS) is 24.6. The van der Waals surface area contributed by atoms with Gasteiger partial charge in [-0.15, -0.1) is 0 Å². The van der Waals surface area contributed by atoms with Gasteiger partial charge in [-0.05, 0) is 29.7 Å². The molecule has 3 aromatic rings. The lowest BCUT2D eigenvalue weighted by Crippen LogP contribution is -2.44. The molecule has 34 heavy (non-hydrogen) atoms. The largest absolute Gasteiger partial charge is 0.454 e. The molecule has 174 valence electrons. The highest BCUT2D eigenvalue weighted by Gasteiger charge is 2.50. The summed E-state index contributed by atoms with van der Waals surface area (Å²) in [5.41, 5.74) is 1.12.